The van der Waals surface area contributed by atoms with Crippen LogP contribution in [0.1, 0.15) is 23.3 Å². The van der Waals surface area contributed by atoms with Gasteiger partial charge < -0.3 is 10.6 Å². The molecule has 0 unspecified atom stereocenters. The van der Waals surface area contributed by atoms with Gasteiger partial charge in [-0.25, -0.2) is 0 Å². The van der Waals surface area contributed by atoms with Gasteiger partial charge in [0.05, 0.1) is 11.9 Å². The van der Waals surface area contributed by atoms with Crippen molar-refractivity contribution in [2.45, 2.75) is 18.9 Å². The largest absolute Gasteiger partial charge is 0.396 e. The maximum atomic E-state index is 11.9. The van der Waals surface area contributed by atoms with Crippen LogP contribution in [0.25, 0.3) is 0 Å². The lowest BCUT2D eigenvalue weighted by Crippen LogP contribution is -2.30. The van der Waals surface area contributed by atoms with Crippen LogP contribution in [0, 0.1) is 0 Å². The van der Waals surface area contributed by atoms with E-state index >= 15 is 0 Å². The third-order valence-corrected chi connectivity index (χ3v) is 2.58. The fourth-order valence-corrected chi connectivity index (χ4v) is 1.51. The van der Waals surface area contributed by atoms with E-state index in [1.54, 1.807) is 11.9 Å². The third-order valence-electron chi connectivity index (χ3n) is 2.58. The molecule has 1 aliphatic carbocycles. The van der Waals surface area contributed by atoms with E-state index in [4.69, 9.17) is 5.73 Å². The average Bonchev–Trinajstić information content (AvgIpc) is 2.92. The lowest BCUT2D eigenvalue weighted by molar-refractivity contribution is 0.0775. The number of nitrogen functional groups attached to an aromatic ring is 1. The minimum Gasteiger partial charge on any atom is -0.396 e. The van der Waals surface area contributed by atoms with Gasteiger partial charge in [-0.3, -0.25) is 9.48 Å². The van der Waals surface area contributed by atoms with Crippen molar-refractivity contribution in [3.63, 3.8) is 0 Å². The maximum absolute atomic E-state index is 11.9. The van der Waals surface area contributed by atoms with Gasteiger partial charge in [0.2, 0.25) is 0 Å². The molecule has 0 aliphatic heterocycles. The van der Waals surface area contributed by atoms with Gasteiger partial charge in [-0.15, -0.1) is 0 Å². The van der Waals surface area contributed by atoms with Gasteiger partial charge in [-0.1, -0.05) is 0 Å². The van der Waals surface area contributed by atoms with Crippen molar-refractivity contribution in [2.75, 3.05) is 12.8 Å². The molecule has 0 spiro atoms. The van der Waals surface area contributed by atoms with E-state index in [1.165, 1.54) is 10.9 Å². The predicted molar refractivity (Wildman–Crippen MR) is 52.7 cm³/mol. The van der Waals surface area contributed by atoms with Crippen molar-refractivity contribution in [1.29, 1.82) is 0 Å². The minimum atomic E-state index is -0.0370. The predicted octanol–water partition coefficient (Wildman–Crippen LogP) is 0.237. The highest BCUT2D eigenvalue weighted by atomic mass is 16.2. The molecule has 1 aliphatic rings. The van der Waals surface area contributed by atoms with Crippen molar-refractivity contribution >= 4 is 11.6 Å². The molecule has 1 saturated carbocycles. The summed E-state index contributed by atoms with van der Waals surface area (Å²) in [6.07, 6.45) is 3.70. The van der Waals surface area contributed by atoms with Crippen molar-refractivity contribution in [1.82, 2.24) is 14.7 Å². The first-order chi connectivity index (χ1) is 6.61. The summed E-state index contributed by atoms with van der Waals surface area (Å²) in [5.41, 5.74) is 6.60. The third kappa shape index (κ3) is 1.34. The molecule has 2 N–H and O–H groups in total. The summed E-state index contributed by atoms with van der Waals surface area (Å²) in [5.74, 6) is -0.0370. The maximum Gasteiger partial charge on any atom is 0.274 e. The zero-order valence-corrected chi connectivity index (χ0v) is 8.40. The van der Waals surface area contributed by atoms with E-state index in [1.807, 2.05) is 7.05 Å². The van der Waals surface area contributed by atoms with Crippen LogP contribution in [-0.4, -0.2) is 33.7 Å². The minimum absolute atomic E-state index is 0.0370. The number of amides is 1. The highest BCUT2D eigenvalue weighted by Crippen LogP contribution is 2.27. The fourth-order valence-electron chi connectivity index (χ4n) is 1.51. The number of aromatic nitrogens is 2. The molecule has 5 heteroatoms. The van der Waals surface area contributed by atoms with Crippen LogP contribution in [0.2, 0.25) is 0 Å². The summed E-state index contributed by atoms with van der Waals surface area (Å²) in [4.78, 5) is 13.7. The zero-order chi connectivity index (χ0) is 10.3. The van der Waals surface area contributed by atoms with Gasteiger partial charge in [0.15, 0.2) is 0 Å². The molecule has 1 amide bonds. The molecule has 5 nitrogen and oxygen atoms in total. The molecule has 76 valence electrons. The van der Waals surface area contributed by atoms with Crippen LogP contribution < -0.4 is 5.73 Å². The van der Waals surface area contributed by atoms with Crippen LogP contribution in [0.15, 0.2) is 6.20 Å². The van der Waals surface area contributed by atoms with E-state index in [0.717, 1.165) is 12.8 Å². The molecule has 0 saturated heterocycles. The monoisotopic (exact) mass is 194 g/mol. The smallest absolute Gasteiger partial charge is 0.274 e. The van der Waals surface area contributed by atoms with Gasteiger partial charge in [0.25, 0.3) is 5.91 Å². The highest BCUT2D eigenvalue weighted by Gasteiger charge is 2.32. The van der Waals surface area contributed by atoms with Gasteiger partial charge in [0, 0.05) is 20.1 Å². The summed E-state index contributed by atoms with van der Waals surface area (Å²) < 4.78 is 1.52. The Bertz CT molecular complexity index is 347. The summed E-state index contributed by atoms with van der Waals surface area (Å²) in [6, 6.07) is 0.400. The van der Waals surface area contributed by atoms with Crippen LogP contribution in [-0.2, 0) is 7.05 Å². The number of nitrogens with zero attached hydrogens (tertiary/aromatic N) is 3. The van der Waals surface area contributed by atoms with Gasteiger partial charge >= 0.3 is 0 Å². The molecule has 1 aromatic heterocycles. The standard InChI is InChI=1S/C9H14N4O/c1-12(6-3-4-6)9(14)8-7(10)5-11-13(8)2/h5-6H,3-4,10H2,1-2H3. The summed E-state index contributed by atoms with van der Waals surface area (Å²) in [5, 5.41) is 3.94. The Labute approximate surface area is 82.5 Å². The van der Waals surface area contributed by atoms with Gasteiger partial charge in [-0.05, 0) is 12.8 Å². The Hall–Kier alpha value is -1.52. The lowest BCUT2D eigenvalue weighted by Gasteiger charge is -2.16. The molecule has 0 radical (unpaired) electrons. The number of aryl methyl sites for hydroxylation is 1. The molecule has 0 bridgehead atoms. The zero-order valence-electron chi connectivity index (χ0n) is 8.40. The van der Waals surface area contributed by atoms with Crippen LogP contribution in [0.3, 0.4) is 0 Å². The first-order valence-electron chi connectivity index (χ1n) is 4.66. The number of anilines is 1. The second kappa shape index (κ2) is 3.01. The summed E-state index contributed by atoms with van der Waals surface area (Å²) >= 11 is 0. The molecule has 2 rings (SSSR count). The molecular weight excluding hydrogens is 180 g/mol. The first kappa shape index (κ1) is 9.05. The van der Waals surface area contributed by atoms with Crippen molar-refractivity contribution in [2.24, 2.45) is 7.05 Å². The number of rotatable bonds is 2. The second-order valence-electron chi connectivity index (χ2n) is 3.72. The molecule has 14 heavy (non-hydrogen) atoms. The van der Waals surface area contributed by atoms with E-state index in [-0.39, 0.29) is 5.91 Å². The van der Waals surface area contributed by atoms with Crippen LogP contribution >= 0.6 is 0 Å². The summed E-state index contributed by atoms with van der Waals surface area (Å²) in [7, 11) is 3.54. The fraction of sp³-hybridized carbons (Fsp3) is 0.556. The normalized spacial score (nSPS) is 15.6. The van der Waals surface area contributed by atoms with Crippen molar-refractivity contribution in [3.05, 3.63) is 11.9 Å². The molecular formula is C9H14N4O. The molecule has 1 fully saturated rings. The van der Waals surface area contributed by atoms with Crippen molar-refractivity contribution < 1.29 is 4.79 Å². The number of nitrogens with two attached hydrogens (primary N) is 1. The Balaban J connectivity index is 2.25. The number of carbonyl (C=O) groups excluding carboxylic acids is 1. The average molecular weight is 194 g/mol. The first-order valence-corrected chi connectivity index (χ1v) is 4.66. The van der Waals surface area contributed by atoms with E-state index < -0.39 is 0 Å². The van der Waals surface area contributed by atoms with E-state index in [2.05, 4.69) is 5.10 Å². The van der Waals surface area contributed by atoms with Crippen LogP contribution in [0.4, 0.5) is 5.69 Å². The number of hydrogen-bond donors (Lipinski definition) is 1. The molecule has 1 heterocycles. The highest BCUT2D eigenvalue weighted by molar-refractivity contribution is 5.97. The molecule has 0 aromatic carbocycles. The topological polar surface area (TPSA) is 64.2 Å². The Kier molecular flexibility index (Phi) is 1.94. The quantitative estimate of drug-likeness (QED) is 0.733. The SMILES string of the molecule is CN(C(=O)c1c(N)cnn1C)C1CC1. The number of carbonyl (C=O) groups is 1. The summed E-state index contributed by atoms with van der Waals surface area (Å²) in [6.45, 7) is 0. The second-order valence-corrected chi connectivity index (χ2v) is 3.72. The molecule has 0 atom stereocenters. The Morgan fingerprint density at radius 3 is 2.79 bits per heavy atom. The van der Waals surface area contributed by atoms with Crippen molar-refractivity contribution in [3.8, 4) is 0 Å². The van der Waals surface area contributed by atoms with Gasteiger partial charge in [-0.2, -0.15) is 5.10 Å². The van der Waals surface area contributed by atoms with E-state index in [0.29, 0.717) is 17.4 Å². The van der Waals surface area contributed by atoms with Gasteiger partial charge in [0.1, 0.15) is 5.69 Å². The number of hydrogen-bond acceptors (Lipinski definition) is 3. The lowest BCUT2D eigenvalue weighted by atomic mass is 10.3. The molecule has 1 aromatic rings. The Morgan fingerprint density at radius 1 is 1.71 bits per heavy atom. The van der Waals surface area contributed by atoms with E-state index in [9.17, 15) is 4.79 Å². The Morgan fingerprint density at radius 2 is 2.36 bits per heavy atom. The van der Waals surface area contributed by atoms with Crippen LogP contribution in [0.5, 0.6) is 0 Å².